The molecule has 0 radical (unpaired) electrons. The maximum absolute atomic E-state index is 11.9. The Labute approximate surface area is 121 Å². The van der Waals surface area contributed by atoms with E-state index in [-0.39, 0.29) is 12.3 Å². The molecule has 0 saturated heterocycles. The predicted molar refractivity (Wildman–Crippen MR) is 81.4 cm³/mol. The topological polar surface area (TPSA) is 67.4 Å². The number of ether oxygens (including phenoxy) is 1. The van der Waals surface area contributed by atoms with E-state index in [1.165, 1.54) is 0 Å². The minimum Gasteiger partial charge on any atom is -0.496 e. The molecule has 1 rings (SSSR count). The number of hydrogen-bond acceptors (Lipinski definition) is 4. The first kappa shape index (κ1) is 16.9. The zero-order valence-corrected chi connectivity index (χ0v) is 13.0. The van der Waals surface area contributed by atoms with Crippen molar-refractivity contribution in [2.75, 3.05) is 26.0 Å². The third-order valence-corrected chi connectivity index (χ3v) is 4.28. The Hall–Kier alpha value is -1.11. The first-order valence-electron chi connectivity index (χ1n) is 6.89. The number of para-hydroxylation sites is 1. The number of sulfonamides is 1. The van der Waals surface area contributed by atoms with Gasteiger partial charge in [-0.15, -0.1) is 0 Å². The molecule has 2 N–H and O–H groups in total. The van der Waals surface area contributed by atoms with Gasteiger partial charge in [-0.2, -0.15) is 0 Å². The summed E-state index contributed by atoms with van der Waals surface area (Å²) in [5.74, 6) is 0.832. The van der Waals surface area contributed by atoms with Gasteiger partial charge >= 0.3 is 0 Å². The number of methoxy groups -OCH3 is 1. The molecule has 0 unspecified atom stereocenters. The quantitative estimate of drug-likeness (QED) is 0.643. The molecule has 0 spiro atoms. The van der Waals surface area contributed by atoms with Gasteiger partial charge in [-0.05, 0) is 32.0 Å². The van der Waals surface area contributed by atoms with Gasteiger partial charge in [0.05, 0.1) is 12.9 Å². The smallest absolute Gasteiger partial charge is 0.211 e. The Bertz CT molecular complexity index is 489. The number of nitrogens with one attached hydrogen (secondary N) is 2. The minimum atomic E-state index is -3.24. The Kier molecular flexibility index (Phi) is 7.58. The molecule has 0 fully saturated rings. The molecule has 20 heavy (non-hydrogen) atoms. The first-order valence-corrected chi connectivity index (χ1v) is 8.54. The second-order valence-electron chi connectivity index (χ2n) is 4.56. The zero-order chi connectivity index (χ0) is 14.8. The van der Waals surface area contributed by atoms with Crippen LogP contribution in [0, 0.1) is 0 Å². The minimum absolute atomic E-state index is 0.138. The molecular weight excluding hydrogens is 276 g/mol. The molecule has 6 heteroatoms. The second-order valence-corrected chi connectivity index (χ2v) is 6.48. The van der Waals surface area contributed by atoms with Crippen LogP contribution in [0.4, 0.5) is 0 Å². The average Bonchev–Trinajstić information content (AvgIpc) is 2.45. The predicted octanol–water partition coefficient (Wildman–Crippen LogP) is 1.50. The monoisotopic (exact) mass is 300 g/mol. The lowest BCUT2D eigenvalue weighted by Gasteiger charge is -2.10. The molecule has 0 saturated carbocycles. The molecule has 5 nitrogen and oxygen atoms in total. The molecule has 114 valence electrons. The summed E-state index contributed by atoms with van der Waals surface area (Å²) >= 11 is 0. The fourth-order valence-corrected chi connectivity index (χ4v) is 2.84. The van der Waals surface area contributed by atoms with Crippen molar-refractivity contribution in [3.05, 3.63) is 29.8 Å². The molecule has 0 amide bonds. The molecule has 1 aromatic rings. The summed E-state index contributed by atoms with van der Waals surface area (Å²) in [6, 6.07) is 7.39. The third-order valence-electron chi connectivity index (χ3n) is 2.87. The van der Waals surface area contributed by atoms with Crippen LogP contribution in [0.2, 0.25) is 0 Å². The van der Waals surface area contributed by atoms with Crippen LogP contribution in [0.5, 0.6) is 5.75 Å². The van der Waals surface area contributed by atoms with Crippen molar-refractivity contribution in [2.45, 2.75) is 26.3 Å². The Morgan fingerprint density at radius 2 is 1.95 bits per heavy atom. The van der Waals surface area contributed by atoms with Crippen LogP contribution in [0.1, 0.15) is 25.3 Å². The van der Waals surface area contributed by atoms with Gasteiger partial charge in [0, 0.05) is 12.1 Å². The maximum atomic E-state index is 11.9. The van der Waals surface area contributed by atoms with Crippen molar-refractivity contribution in [3.8, 4) is 5.75 Å². The molecule has 0 aliphatic rings. The van der Waals surface area contributed by atoms with Crippen LogP contribution in [0.3, 0.4) is 0 Å². The highest BCUT2D eigenvalue weighted by atomic mass is 32.2. The van der Waals surface area contributed by atoms with Gasteiger partial charge in [-0.25, -0.2) is 13.1 Å². The molecule has 0 atom stereocenters. The van der Waals surface area contributed by atoms with Crippen molar-refractivity contribution >= 4 is 10.0 Å². The van der Waals surface area contributed by atoms with Crippen LogP contribution in [-0.2, 0) is 16.6 Å². The van der Waals surface area contributed by atoms with Crippen LogP contribution in [0.15, 0.2) is 24.3 Å². The van der Waals surface area contributed by atoms with Gasteiger partial charge in [0.15, 0.2) is 0 Å². The third kappa shape index (κ3) is 6.36. The normalized spacial score (nSPS) is 11.5. The molecule has 0 aliphatic heterocycles. The highest BCUT2D eigenvalue weighted by Crippen LogP contribution is 2.16. The second kappa shape index (κ2) is 8.94. The van der Waals surface area contributed by atoms with Gasteiger partial charge in [0.1, 0.15) is 5.75 Å². The molecule has 0 aliphatic carbocycles. The fourth-order valence-electron chi connectivity index (χ4n) is 1.80. The SMILES string of the molecule is CCCNCCCS(=O)(=O)NCc1ccccc1OC. The van der Waals surface area contributed by atoms with Crippen LogP contribution in [0.25, 0.3) is 0 Å². The lowest BCUT2D eigenvalue weighted by atomic mass is 10.2. The highest BCUT2D eigenvalue weighted by molar-refractivity contribution is 7.89. The lowest BCUT2D eigenvalue weighted by Crippen LogP contribution is -2.28. The number of rotatable bonds is 10. The first-order chi connectivity index (χ1) is 9.59. The lowest BCUT2D eigenvalue weighted by molar-refractivity contribution is 0.409. The van der Waals surface area contributed by atoms with Crippen LogP contribution in [-0.4, -0.2) is 34.4 Å². The van der Waals surface area contributed by atoms with E-state index in [9.17, 15) is 8.42 Å². The summed E-state index contributed by atoms with van der Waals surface area (Å²) in [6.45, 7) is 3.99. The summed E-state index contributed by atoms with van der Waals surface area (Å²) in [5, 5.41) is 3.19. The van der Waals surface area contributed by atoms with Crippen molar-refractivity contribution < 1.29 is 13.2 Å². The maximum Gasteiger partial charge on any atom is 0.211 e. The summed E-state index contributed by atoms with van der Waals surface area (Å²) in [7, 11) is -1.66. The zero-order valence-electron chi connectivity index (χ0n) is 12.2. The largest absolute Gasteiger partial charge is 0.496 e. The van der Waals surface area contributed by atoms with E-state index < -0.39 is 10.0 Å². The molecule has 0 aromatic heterocycles. The average molecular weight is 300 g/mol. The summed E-state index contributed by atoms with van der Waals surface area (Å²) in [6.07, 6.45) is 1.67. The summed E-state index contributed by atoms with van der Waals surface area (Å²) in [5.41, 5.74) is 0.836. The summed E-state index contributed by atoms with van der Waals surface area (Å²) in [4.78, 5) is 0. The standard InChI is InChI=1S/C14H24N2O3S/c1-3-9-15-10-6-11-20(17,18)16-12-13-7-4-5-8-14(13)19-2/h4-5,7-8,15-16H,3,6,9-12H2,1-2H3. The van der Waals surface area contributed by atoms with E-state index >= 15 is 0 Å². The van der Waals surface area contributed by atoms with E-state index in [1.54, 1.807) is 7.11 Å². The number of benzene rings is 1. The van der Waals surface area contributed by atoms with Crippen molar-refractivity contribution in [1.82, 2.24) is 10.0 Å². The van der Waals surface area contributed by atoms with Gasteiger partial charge in [-0.3, -0.25) is 0 Å². The van der Waals surface area contributed by atoms with Gasteiger partial charge in [-0.1, -0.05) is 25.1 Å². The summed E-state index contributed by atoms with van der Waals surface area (Å²) < 4.78 is 31.5. The van der Waals surface area contributed by atoms with Crippen molar-refractivity contribution in [3.63, 3.8) is 0 Å². The van der Waals surface area contributed by atoms with E-state index in [4.69, 9.17) is 4.74 Å². The molecule has 0 bridgehead atoms. The van der Waals surface area contributed by atoms with Gasteiger partial charge in [0.2, 0.25) is 10.0 Å². The van der Waals surface area contributed by atoms with E-state index in [0.29, 0.717) is 12.2 Å². The van der Waals surface area contributed by atoms with Crippen LogP contribution < -0.4 is 14.8 Å². The molecule has 1 aromatic carbocycles. The van der Waals surface area contributed by atoms with E-state index in [1.807, 2.05) is 24.3 Å². The van der Waals surface area contributed by atoms with Crippen molar-refractivity contribution in [2.24, 2.45) is 0 Å². The van der Waals surface area contributed by atoms with Crippen LogP contribution >= 0.6 is 0 Å². The Morgan fingerprint density at radius 3 is 2.65 bits per heavy atom. The van der Waals surface area contributed by atoms with Crippen molar-refractivity contribution in [1.29, 1.82) is 0 Å². The van der Waals surface area contributed by atoms with Gasteiger partial charge < -0.3 is 10.1 Å². The number of hydrogen-bond donors (Lipinski definition) is 2. The highest BCUT2D eigenvalue weighted by Gasteiger charge is 2.11. The fraction of sp³-hybridized carbons (Fsp3) is 0.571. The van der Waals surface area contributed by atoms with Gasteiger partial charge in [0.25, 0.3) is 0 Å². The van der Waals surface area contributed by atoms with E-state index in [0.717, 1.165) is 25.1 Å². The van der Waals surface area contributed by atoms with E-state index in [2.05, 4.69) is 17.0 Å². The molecule has 0 heterocycles. The molecular formula is C14H24N2O3S. The Morgan fingerprint density at radius 1 is 1.20 bits per heavy atom. The Balaban J connectivity index is 2.39.